The van der Waals surface area contributed by atoms with E-state index in [9.17, 15) is 4.79 Å². The Morgan fingerprint density at radius 1 is 1.26 bits per heavy atom. The first-order valence-electron chi connectivity index (χ1n) is 6.72. The summed E-state index contributed by atoms with van der Waals surface area (Å²) in [5, 5.41) is 10.9. The second kappa shape index (κ2) is 8.06. The molecule has 0 fully saturated rings. The number of aromatic nitrogens is 1. The molecule has 0 saturated carbocycles. The Kier molecular flexibility index (Phi) is 6.10. The van der Waals surface area contributed by atoms with Crippen LogP contribution in [0.15, 0.2) is 36.1 Å². The lowest BCUT2D eigenvalue weighted by Gasteiger charge is -2.04. The summed E-state index contributed by atoms with van der Waals surface area (Å²) in [6.07, 6.45) is 4.69. The van der Waals surface area contributed by atoms with Crippen molar-refractivity contribution in [2.45, 2.75) is 0 Å². The van der Waals surface area contributed by atoms with E-state index in [4.69, 9.17) is 37.8 Å². The molecule has 0 aliphatic rings. The summed E-state index contributed by atoms with van der Waals surface area (Å²) < 4.78 is 9.92. The fraction of sp³-hybridized carbons (Fsp3) is 0.188. The second-order valence-electron chi connectivity index (χ2n) is 4.61. The van der Waals surface area contributed by atoms with E-state index in [-0.39, 0.29) is 12.4 Å². The normalized spacial score (nSPS) is 12.2. The number of benzene rings is 1. The Bertz CT molecular complexity index is 726. The van der Waals surface area contributed by atoms with E-state index in [2.05, 4.69) is 4.98 Å². The number of hydrogen-bond acceptors (Lipinski definition) is 3. The Hall–Kier alpha value is -1.95. The van der Waals surface area contributed by atoms with Crippen LogP contribution in [0.3, 0.4) is 0 Å². The third-order valence-electron chi connectivity index (χ3n) is 2.96. The van der Waals surface area contributed by atoms with E-state index < -0.39 is 5.97 Å². The maximum Gasteiger partial charge on any atom is 0.371 e. The van der Waals surface area contributed by atoms with Crippen LogP contribution in [0.2, 0.25) is 10.0 Å². The van der Waals surface area contributed by atoms with Crippen LogP contribution in [0.4, 0.5) is 0 Å². The van der Waals surface area contributed by atoms with Gasteiger partial charge in [-0.05, 0) is 30.4 Å². The van der Waals surface area contributed by atoms with Crippen molar-refractivity contribution >= 4 is 46.2 Å². The number of carboxylic acid groups (broad SMARTS) is 1. The number of aromatic amines is 1. The summed E-state index contributed by atoms with van der Waals surface area (Å²) in [6.45, 7) is 0.490. The molecule has 2 aromatic rings. The summed E-state index contributed by atoms with van der Waals surface area (Å²) in [4.78, 5) is 14.2. The smallest absolute Gasteiger partial charge is 0.371 e. The van der Waals surface area contributed by atoms with Crippen molar-refractivity contribution < 1.29 is 19.4 Å². The summed E-state index contributed by atoms with van der Waals surface area (Å²) in [6, 6.07) is 5.39. The summed E-state index contributed by atoms with van der Waals surface area (Å²) in [7, 11) is 1.52. The van der Waals surface area contributed by atoms with Gasteiger partial charge in [-0.3, -0.25) is 0 Å². The highest BCUT2D eigenvalue weighted by atomic mass is 35.5. The van der Waals surface area contributed by atoms with E-state index in [1.807, 2.05) is 6.07 Å². The van der Waals surface area contributed by atoms with E-state index in [0.29, 0.717) is 16.7 Å². The van der Waals surface area contributed by atoms with Crippen LogP contribution in [0, 0.1) is 0 Å². The molecule has 0 saturated heterocycles. The molecule has 0 unspecified atom stereocenters. The molecule has 0 bridgehead atoms. The van der Waals surface area contributed by atoms with Crippen LogP contribution in [-0.4, -0.2) is 36.4 Å². The molecular weight excluding hydrogens is 341 g/mol. The van der Waals surface area contributed by atoms with Gasteiger partial charge in [-0.1, -0.05) is 29.3 Å². The Balaban J connectivity index is 2.14. The summed E-state index contributed by atoms with van der Waals surface area (Å²) >= 11 is 11.9. The third-order valence-corrected chi connectivity index (χ3v) is 3.68. The SMILES string of the molecule is COCCOC(=CC=Cc1cc2cc(Cl)c(Cl)cc2[nH]1)C(=O)O. The number of nitrogens with one attached hydrogen (secondary N) is 1. The van der Waals surface area contributed by atoms with Gasteiger partial charge in [-0.25, -0.2) is 4.79 Å². The standard InChI is InChI=1S/C16H15Cl2NO4/c1-22-5-6-23-15(16(20)21)4-2-3-11-7-10-8-12(17)13(18)9-14(10)19-11/h2-4,7-9,19H,5-6H2,1H3,(H,20,21). The number of allylic oxidation sites excluding steroid dienone is 2. The number of carbonyl (C=O) groups is 1. The van der Waals surface area contributed by atoms with Gasteiger partial charge in [-0.15, -0.1) is 0 Å². The van der Waals surface area contributed by atoms with Gasteiger partial charge in [0.25, 0.3) is 0 Å². The number of halogens is 2. The van der Waals surface area contributed by atoms with Crippen LogP contribution >= 0.6 is 23.2 Å². The molecule has 2 N–H and O–H groups in total. The topological polar surface area (TPSA) is 71.5 Å². The maximum atomic E-state index is 11.0. The zero-order chi connectivity index (χ0) is 16.8. The third kappa shape index (κ3) is 4.76. The van der Waals surface area contributed by atoms with Crippen LogP contribution in [0.1, 0.15) is 5.69 Å². The second-order valence-corrected chi connectivity index (χ2v) is 5.43. The fourth-order valence-electron chi connectivity index (χ4n) is 1.89. The molecule has 1 aromatic carbocycles. The highest BCUT2D eigenvalue weighted by Crippen LogP contribution is 2.28. The van der Waals surface area contributed by atoms with Gasteiger partial charge in [0.15, 0.2) is 0 Å². The first-order valence-corrected chi connectivity index (χ1v) is 7.48. The molecule has 2 rings (SSSR count). The predicted octanol–water partition coefficient (Wildman–Crippen LogP) is 4.12. The number of rotatable bonds is 7. The van der Waals surface area contributed by atoms with Crippen molar-refractivity contribution in [3.05, 3.63) is 51.8 Å². The molecular formula is C16H15Cl2NO4. The van der Waals surface area contributed by atoms with E-state index in [1.54, 1.807) is 24.3 Å². The lowest BCUT2D eigenvalue weighted by atomic mass is 10.2. The minimum absolute atomic E-state index is 0.152. The van der Waals surface area contributed by atoms with Crippen molar-refractivity contribution in [1.82, 2.24) is 4.98 Å². The van der Waals surface area contributed by atoms with Crippen molar-refractivity contribution in [2.24, 2.45) is 0 Å². The number of H-pyrrole nitrogens is 1. The van der Waals surface area contributed by atoms with Crippen LogP contribution in [-0.2, 0) is 14.3 Å². The van der Waals surface area contributed by atoms with Gasteiger partial charge in [0.05, 0.1) is 16.7 Å². The first-order chi connectivity index (χ1) is 11.0. The Morgan fingerprint density at radius 2 is 2.00 bits per heavy atom. The van der Waals surface area contributed by atoms with Gasteiger partial charge in [0.1, 0.15) is 6.61 Å². The number of carboxylic acids is 1. The number of fused-ring (bicyclic) bond motifs is 1. The van der Waals surface area contributed by atoms with Crippen LogP contribution in [0.25, 0.3) is 17.0 Å². The predicted molar refractivity (Wildman–Crippen MR) is 90.9 cm³/mol. The average molecular weight is 356 g/mol. The number of methoxy groups -OCH3 is 1. The maximum absolute atomic E-state index is 11.0. The minimum Gasteiger partial charge on any atom is -0.484 e. The van der Waals surface area contributed by atoms with E-state index in [0.717, 1.165) is 16.6 Å². The molecule has 122 valence electrons. The fourth-order valence-corrected chi connectivity index (χ4v) is 2.23. The molecule has 7 heteroatoms. The monoisotopic (exact) mass is 355 g/mol. The quantitative estimate of drug-likeness (QED) is 0.339. The largest absolute Gasteiger partial charge is 0.484 e. The van der Waals surface area contributed by atoms with Crippen molar-refractivity contribution in [1.29, 1.82) is 0 Å². The van der Waals surface area contributed by atoms with E-state index in [1.165, 1.54) is 13.2 Å². The van der Waals surface area contributed by atoms with Gasteiger partial charge in [-0.2, -0.15) is 0 Å². The molecule has 1 aromatic heterocycles. The van der Waals surface area contributed by atoms with Crippen LogP contribution in [0.5, 0.6) is 0 Å². The lowest BCUT2D eigenvalue weighted by Crippen LogP contribution is -2.08. The van der Waals surface area contributed by atoms with E-state index >= 15 is 0 Å². The molecule has 0 aliphatic heterocycles. The molecule has 23 heavy (non-hydrogen) atoms. The first kappa shape index (κ1) is 17.4. The highest BCUT2D eigenvalue weighted by Gasteiger charge is 2.07. The van der Waals surface area contributed by atoms with Gasteiger partial charge >= 0.3 is 5.97 Å². The molecule has 0 atom stereocenters. The molecule has 0 aliphatic carbocycles. The zero-order valence-corrected chi connectivity index (χ0v) is 13.8. The Labute approximate surface area is 143 Å². The highest BCUT2D eigenvalue weighted by molar-refractivity contribution is 6.42. The molecule has 5 nitrogen and oxygen atoms in total. The Morgan fingerprint density at radius 3 is 2.70 bits per heavy atom. The molecule has 0 spiro atoms. The minimum atomic E-state index is -1.14. The molecule has 0 amide bonds. The van der Waals surface area contributed by atoms with Crippen molar-refractivity contribution in [3.63, 3.8) is 0 Å². The van der Waals surface area contributed by atoms with Gasteiger partial charge in [0, 0.05) is 23.7 Å². The van der Waals surface area contributed by atoms with Crippen LogP contribution < -0.4 is 0 Å². The number of hydrogen-bond donors (Lipinski definition) is 2. The summed E-state index contributed by atoms with van der Waals surface area (Å²) in [5.41, 5.74) is 1.63. The number of aliphatic carboxylic acids is 1. The van der Waals surface area contributed by atoms with Gasteiger partial charge in [0.2, 0.25) is 5.76 Å². The van der Waals surface area contributed by atoms with Gasteiger partial charge < -0.3 is 19.6 Å². The average Bonchev–Trinajstić information content (AvgIpc) is 2.87. The lowest BCUT2D eigenvalue weighted by molar-refractivity contribution is -0.136. The van der Waals surface area contributed by atoms with Crippen molar-refractivity contribution in [2.75, 3.05) is 20.3 Å². The molecule has 1 heterocycles. The molecule has 0 radical (unpaired) electrons. The van der Waals surface area contributed by atoms with Crippen molar-refractivity contribution in [3.8, 4) is 0 Å². The summed E-state index contributed by atoms with van der Waals surface area (Å²) in [5.74, 6) is -1.29. The number of ether oxygens (including phenoxy) is 2. The zero-order valence-electron chi connectivity index (χ0n) is 12.3.